The first-order valence-electron chi connectivity index (χ1n) is 15.0. The summed E-state index contributed by atoms with van der Waals surface area (Å²) in [5, 5.41) is 6.14. The van der Waals surface area contributed by atoms with E-state index in [1.807, 2.05) is 12.1 Å². The van der Waals surface area contributed by atoms with Gasteiger partial charge in [0.2, 0.25) is 0 Å². The molecule has 42 heavy (non-hydrogen) atoms. The fraction of sp³-hybridized carbons (Fsp3) is 0.485. The molecule has 9 heteroatoms. The molecule has 3 heterocycles. The number of ether oxygens (including phenoxy) is 2. The summed E-state index contributed by atoms with van der Waals surface area (Å²) in [4.78, 5) is 8.36. The normalized spacial score (nSPS) is 23.5. The van der Waals surface area contributed by atoms with E-state index >= 15 is 0 Å². The molecule has 4 aliphatic rings. The summed E-state index contributed by atoms with van der Waals surface area (Å²) in [6, 6.07) is 5.42. The third-order valence-electron chi connectivity index (χ3n) is 9.64. The van der Waals surface area contributed by atoms with Gasteiger partial charge in [-0.1, -0.05) is 41.7 Å². The lowest BCUT2D eigenvalue weighted by Crippen LogP contribution is -2.49. The van der Waals surface area contributed by atoms with Gasteiger partial charge in [-0.05, 0) is 75.5 Å². The van der Waals surface area contributed by atoms with Gasteiger partial charge in [0.1, 0.15) is 22.7 Å². The molecule has 0 saturated heterocycles. The van der Waals surface area contributed by atoms with Gasteiger partial charge in [-0.25, -0.2) is 4.39 Å². The number of halogens is 3. The number of hydrogen-bond donors (Lipinski definition) is 0. The van der Waals surface area contributed by atoms with Crippen LogP contribution < -0.4 is 4.74 Å². The maximum atomic E-state index is 14.9. The number of aryl methyl sites for hydroxylation is 1. The second-order valence-electron chi connectivity index (χ2n) is 12.4. The van der Waals surface area contributed by atoms with Gasteiger partial charge >= 0.3 is 0 Å². The third kappa shape index (κ3) is 5.18. The average molecular weight is 611 g/mol. The van der Waals surface area contributed by atoms with E-state index in [1.54, 1.807) is 18.6 Å². The topological polar surface area (TPSA) is 70.3 Å². The molecule has 220 valence electrons. The summed E-state index contributed by atoms with van der Waals surface area (Å²) in [6.45, 7) is 3.12. The molecule has 4 fully saturated rings. The largest absolute Gasteiger partial charge is 0.493 e. The van der Waals surface area contributed by atoms with Crippen LogP contribution in [0.25, 0.3) is 22.2 Å². The van der Waals surface area contributed by atoms with Gasteiger partial charge in [0.05, 0.1) is 28.9 Å². The number of benzene rings is 1. The van der Waals surface area contributed by atoms with Gasteiger partial charge in [0, 0.05) is 52.5 Å². The molecule has 0 N–H and O–H groups in total. The van der Waals surface area contributed by atoms with E-state index < -0.39 is 0 Å². The number of hydrogen-bond acceptors (Lipinski definition) is 6. The van der Waals surface area contributed by atoms with E-state index in [0.717, 1.165) is 86.5 Å². The maximum Gasteiger partial charge on any atom is 0.153 e. The number of pyridine rings is 2. The van der Waals surface area contributed by atoms with Gasteiger partial charge < -0.3 is 14.0 Å². The Morgan fingerprint density at radius 1 is 1.05 bits per heavy atom. The van der Waals surface area contributed by atoms with Crippen molar-refractivity contribution >= 4 is 34.1 Å². The van der Waals surface area contributed by atoms with Gasteiger partial charge in [-0.3, -0.25) is 9.97 Å². The molecule has 2 bridgehead atoms. The summed E-state index contributed by atoms with van der Waals surface area (Å²) in [7, 11) is 0. The zero-order valence-corrected chi connectivity index (χ0v) is 25.2. The van der Waals surface area contributed by atoms with Crippen molar-refractivity contribution < 1.29 is 18.4 Å². The first-order valence-corrected chi connectivity index (χ1v) is 15.8. The summed E-state index contributed by atoms with van der Waals surface area (Å²) < 4.78 is 33.9. The quantitative estimate of drug-likeness (QED) is 0.178. The minimum Gasteiger partial charge on any atom is -0.493 e. The minimum atomic E-state index is -0.328. The molecule has 8 rings (SSSR count). The summed E-state index contributed by atoms with van der Waals surface area (Å²) in [6.07, 6.45) is 14.8. The van der Waals surface area contributed by atoms with Crippen LogP contribution in [0.3, 0.4) is 0 Å². The predicted octanol–water partition coefficient (Wildman–Crippen LogP) is 9.25. The molecular formula is C33H34Cl2FN3O3. The molecule has 6 nitrogen and oxygen atoms in total. The number of nitrogens with zero attached hydrogens (tertiary/aromatic N) is 3. The fourth-order valence-electron chi connectivity index (χ4n) is 6.90. The minimum absolute atomic E-state index is 0.0807. The molecule has 0 unspecified atom stereocenters. The van der Waals surface area contributed by atoms with Gasteiger partial charge in [0.15, 0.2) is 5.82 Å². The fourth-order valence-corrected chi connectivity index (χ4v) is 7.44. The Bertz CT molecular complexity index is 1590. The Hall–Kier alpha value is -2.74. The highest BCUT2D eigenvalue weighted by molar-refractivity contribution is 6.38. The number of aromatic nitrogens is 3. The molecule has 0 aliphatic heterocycles. The van der Waals surface area contributed by atoms with Crippen molar-refractivity contribution in [3.05, 3.63) is 69.5 Å². The smallest absolute Gasteiger partial charge is 0.153 e. The van der Waals surface area contributed by atoms with Crippen molar-refractivity contribution in [3.8, 4) is 17.0 Å². The van der Waals surface area contributed by atoms with E-state index in [2.05, 4.69) is 22.0 Å². The van der Waals surface area contributed by atoms with Crippen LogP contribution in [-0.4, -0.2) is 27.3 Å². The zero-order valence-electron chi connectivity index (χ0n) is 23.7. The van der Waals surface area contributed by atoms with Crippen molar-refractivity contribution in [2.45, 2.75) is 89.3 Å². The van der Waals surface area contributed by atoms with E-state index in [1.165, 1.54) is 6.07 Å². The van der Waals surface area contributed by atoms with Crippen molar-refractivity contribution in [3.63, 3.8) is 0 Å². The third-order valence-corrected chi connectivity index (χ3v) is 10.2. The summed E-state index contributed by atoms with van der Waals surface area (Å²) in [5.74, 6) is 1.52. The molecule has 0 radical (unpaired) electrons. The second-order valence-corrected chi connectivity index (χ2v) is 13.2. The number of fused-ring (bicyclic) bond motifs is 4. The Labute approximate surface area is 254 Å². The van der Waals surface area contributed by atoms with E-state index in [0.29, 0.717) is 51.7 Å². The first kappa shape index (κ1) is 28.1. The van der Waals surface area contributed by atoms with Crippen molar-refractivity contribution in [2.75, 3.05) is 6.61 Å². The van der Waals surface area contributed by atoms with Crippen LogP contribution in [0.4, 0.5) is 4.39 Å². The highest BCUT2D eigenvalue weighted by Gasteiger charge is 2.50. The van der Waals surface area contributed by atoms with Crippen molar-refractivity contribution in [1.29, 1.82) is 0 Å². The molecule has 4 aliphatic carbocycles. The molecular weight excluding hydrogens is 576 g/mol. The Morgan fingerprint density at radius 2 is 1.79 bits per heavy atom. The van der Waals surface area contributed by atoms with Crippen molar-refractivity contribution in [2.24, 2.45) is 5.41 Å². The van der Waals surface area contributed by atoms with Gasteiger partial charge in [0.25, 0.3) is 0 Å². The van der Waals surface area contributed by atoms with Crippen LogP contribution in [-0.2, 0) is 17.8 Å². The van der Waals surface area contributed by atoms with Crippen LogP contribution in [0.5, 0.6) is 5.75 Å². The predicted molar refractivity (Wildman–Crippen MR) is 161 cm³/mol. The molecule has 0 spiro atoms. The van der Waals surface area contributed by atoms with E-state index in [4.69, 9.17) is 37.2 Å². The molecule has 1 aromatic carbocycles. The molecule has 4 aromatic rings. The van der Waals surface area contributed by atoms with Crippen LogP contribution in [0.2, 0.25) is 10.0 Å². The molecule has 0 atom stereocenters. The lowest BCUT2D eigenvalue weighted by molar-refractivity contribution is -0.150. The standard InChI is InChI=1S/C33H34Cl2FN3O3/c1-2-3-20-6-13-38-29-23(20)14-22(15-27(29)36)40-19-32-7-10-33(11-8-32,12-9-32)41-18-24-30(39-42-31(24)21-4-5-21)28-25(34)16-37-17-26(28)35/h6,13-17,21H,2-5,7-12,18-19H2,1H3. The lowest BCUT2D eigenvalue weighted by atomic mass is 9.59. The molecule has 3 aromatic heterocycles. The maximum absolute atomic E-state index is 14.9. The van der Waals surface area contributed by atoms with Crippen LogP contribution in [0.1, 0.15) is 87.5 Å². The molecule has 0 amide bonds. The second kappa shape index (κ2) is 11.1. The monoisotopic (exact) mass is 609 g/mol. The average Bonchev–Trinajstić information content (AvgIpc) is 3.76. The SMILES string of the molecule is CCCc1ccnc2c(F)cc(OCC34CCC(OCc5c(-c6c(Cl)cncc6Cl)noc5C5CC5)(CC3)CC4)cc12. The Morgan fingerprint density at radius 3 is 2.48 bits per heavy atom. The van der Waals surface area contributed by atoms with E-state index in [-0.39, 0.29) is 16.8 Å². The van der Waals surface area contributed by atoms with Crippen LogP contribution in [0.15, 0.2) is 41.3 Å². The number of rotatable bonds is 10. The van der Waals surface area contributed by atoms with E-state index in [9.17, 15) is 4.39 Å². The Balaban J connectivity index is 1.04. The summed E-state index contributed by atoms with van der Waals surface area (Å²) in [5.41, 5.74) is 3.67. The Kier molecular flexibility index (Phi) is 7.40. The highest BCUT2D eigenvalue weighted by Crippen LogP contribution is 2.55. The van der Waals surface area contributed by atoms with Crippen molar-refractivity contribution in [1.82, 2.24) is 15.1 Å². The van der Waals surface area contributed by atoms with Crippen LogP contribution >= 0.6 is 23.2 Å². The highest BCUT2D eigenvalue weighted by atomic mass is 35.5. The first-order chi connectivity index (χ1) is 20.4. The zero-order chi connectivity index (χ0) is 28.9. The molecule has 4 saturated carbocycles. The van der Waals surface area contributed by atoms with Crippen LogP contribution in [0, 0.1) is 11.2 Å². The van der Waals surface area contributed by atoms with Gasteiger partial charge in [-0.2, -0.15) is 0 Å². The summed E-state index contributed by atoms with van der Waals surface area (Å²) >= 11 is 13.0. The lowest BCUT2D eigenvalue weighted by Gasteiger charge is -2.52. The van der Waals surface area contributed by atoms with Gasteiger partial charge in [-0.15, -0.1) is 0 Å².